The second-order valence-electron chi connectivity index (χ2n) is 8.85. The Balaban J connectivity index is 1.85. The summed E-state index contributed by atoms with van der Waals surface area (Å²) in [5.74, 6) is -0.655. The standard InChI is InChI=1S/C24H30N4O5/c1-15-20(24(29)33-13-12-32-3)21(17-10-6-7-11-19(17)28(30)31)22-18(14-16-8-4-5-9-16)26-27(2)23(22)25-15/h6-7,10-11,16,20-21H,4-5,8-9,12-14H2,1-3H3. The molecule has 2 aromatic rings. The summed E-state index contributed by atoms with van der Waals surface area (Å²) in [4.78, 5) is 29.5. The number of aromatic nitrogens is 2. The lowest BCUT2D eigenvalue weighted by atomic mass is 9.75. The topological polar surface area (TPSA) is 109 Å². The molecular weight excluding hydrogens is 424 g/mol. The van der Waals surface area contributed by atoms with Gasteiger partial charge in [-0.3, -0.25) is 19.6 Å². The van der Waals surface area contributed by atoms with E-state index >= 15 is 0 Å². The number of nitro groups is 1. The summed E-state index contributed by atoms with van der Waals surface area (Å²) in [6, 6.07) is 6.62. The average Bonchev–Trinajstić information content (AvgIpc) is 3.41. The van der Waals surface area contributed by atoms with Crippen LogP contribution in [0.4, 0.5) is 11.5 Å². The van der Waals surface area contributed by atoms with Crippen LogP contribution in [0.5, 0.6) is 0 Å². The van der Waals surface area contributed by atoms with Crippen molar-refractivity contribution in [3.8, 4) is 0 Å². The fraction of sp³-hybridized carbons (Fsp3) is 0.542. The number of nitrogens with zero attached hydrogens (tertiary/aromatic N) is 4. The van der Waals surface area contributed by atoms with E-state index in [4.69, 9.17) is 19.6 Å². The predicted molar refractivity (Wildman–Crippen MR) is 123 cm³/mol. The van der Waals surface area contributed by atoms with Gasteiger partial charge in [-0.1, -0.05) is 43.9 Å². The molecule has 2 unspecified atom stereocenters. The highest BCUT2D eigenvalue weighted by Crippen LogP contribution is 2.47. The maximum absolute atomic E-state index is 13.3. The number of nitro benzene ring substituents is 1. The number of benzene rings is 1. The van der Waals surface area contributed by atoms with Gasteiger partial charge in [0.25, 0.3) is 5.69 Å². The Labute approximate surface area is 192 Å². The quantitative estimate of drug-likeness (QED) is 0.257. The van der Waals surface area contributed by atoms with Crippen molar-refractivity contribution in [3.63, 3.8) is 0 Å². The number of hydrogen-bond donors (Lipinski definition) is 0. The molecule has 0 N–H and O–H groups in total. The zero-order chi connectivity index (χ0) is 23.5. The summed E-state index contributed by atoms with van der Waals surface area (Å²) in [6.07, 6.45) is 5.48. The summed E-state index contributed by atoms with van der Waals surface area (Å²) in [7, 11) is 3.37. The second-order valence-corrected chi connectivity index (χ2v) is 8.85. The Hall–Kier alpha value is -3.07. The summed E-state index contributed by atoms with van der Waals surface area (Å²) < 4.78 is 12.2. The number of hydrogen-bond acceptors (Lipinski definition) is 7. The van der Waals surface area contributed by atoms with E-state index in [1.807, 2.05) is 7.05 Å². The van der Waals surface area contributed by atoms with Gasteiger partial charge in [0.1, 0.15) is 12.5 Å². The summed E-state index contributed by atoms with van der Waals surface area (Å²) in [5.41, 5.74) is 2.69. The van der Waals surface area contributed by atoms with Crippen LogP contribution in [-0.2, 0) is 27.7 Å². The Bertz CT molecular complexity index is 1070. The average molecular weight is 455 g/mol. The number of para-hydroxylation sites is 1. The third-order valence-electron chi connectivity index (χ3n) is 6.72. The van der Waals surface area contributed by atoms with Gasteiger partial charge in [0, 0.05) is 43.0 Å². The lowest BCUT2D eigenvalue weighted by Crippen LogP contribution is -2.34. The molecule has 0 saturated heterocycles. The first-order valence-corrected chi connectivity index (χ1v) is 11.4. The summed E-state index contributed by atoms with van der Waals surface area (Å²) in [5, 5.41) is 16.7. The van der Waals surface area contributed by atoms with Crippen molar-refractivity contribution < 1.29 is 19.2 Å². The SMILES string of the molecule is COCCOC(=O)C1C(C)=Nc2c(c(CC3CCCC3)nn2C)C1c1ccccc1[N+](=O)[O-]. The largest absolute Gasteiger partial charge is 0.463 e. The third kappa shape index (κ3) is 4.55. The van der Waals surface area contributed by atoms with Crippen molar-refractivity contribution in [2.75, 3.05) is 20.3 Å². The van der Waals surface area contributed by atoms with Crippen molar-refractivity contribution in [3.05, 3.63) is 51.2 Å². The Morgan fingerprint density at radius 1 is 1.24 bits per heavy atom. The van der Waals surface area contributed by atoms with Crippen LogP contribution in [0.1, 0.15) is 55.3 Å². The van der Waals surface area contributed by atoms with Gasteiger partial charge in [-0.25, -0.2) is 4.99 Å². The Kier molecular flexibility index (Phi) is 6.88. The molecule has 0 radical (unpaired) electrons. The van der Waals surface area contributed by atoms with E-state index in [9.17, 15) is 14.9 Å². The zero-order valence-corrected chi connectivity index (χ0v) is 19.3. The van der Waals surface area contributed by atoms with E-state index in [-0.39, 0.29) is 18.9 Å². The molecular formula is C24H30N4O5. The highest BCUT2D eigenvalue weighted by molar-refractivity contribution is 6.05. The number of fused-ring (bicyclic) bond motifs is 1. The minimum absolute atomic E-state index is 0.0199. The number of esters is 1. The van der Waals surface area contributed by atoms with E-state index in [0.29, 0.717) is 23.0 Å². The van der Waals surface area contributed by atoms with E-state index in [1.165, 1.54) is 26.0 Å². The lowest BCUT2D eigenvalue weighted by molar-refractivity contribution is -0.385. The molecule has 2 atom stereocenters. The van der Waals surface area contributed by atoms with Crippen LogP contribution < -0.4 is 0 Å². The smallest absolute Gasteiger partial charge is 0.315 e. The molecule has 0 amide bonds. The number of carbonyl (C=O) groups excluding carboxylic acids is 1. The van der Waals surface area contributed by atoms with Crippen LogP contribution in [0.3, 0.4) is 0 Å². The molecule has 1 saturated carbocycles. The van der Waals surface area contributed by atoms with Crippen molar-refractivity contribution in [1.29, 1.82) is 0 Å². The molecule has 1 aliphatic carbocycles. The van der Waals surface area contributed by atoms with Crippen LogP contribution in [0.2, 0.25) is 0 Å². The molecule has 9 heteroatoms. The van der Waals surface area contributed by atoms with Crippen LogP contribution in [0.25, 0.3) is 0 Å². The molecule has 2 aliphatic rings. The second kappa shape index (κ2) is 9.82. The molecule has 33 heavy (non-hydrogen) atoms. The van der Waals surface area contributed by atoms with Gasteiger partial charge in [0.2, 0.25) is 0 Å². The number of ether oxygens (including phenoxy) is 2. The predicted octanol–water partition coefficient (Wildman–Crippen LogP) is 4.10. The first-order valence-electron chi connectivity index (χ1n) is 11.4. The first-order chi connectivity index (χ1) is 15.9. The third-order valence-corrected chi connectivity index (χ3v) is 6.72. The van der Waals surface area contributed by atoms with Gasteiger partial charge < -0.3 is 9.47 Å². The van der Waals surface area contributed by atoms with Gasteiger partial charge in [-0.15, -0.1) is 0 Å². The molecule has 9 nitrogen and oxygen atoms in total. The fourth-order valence-electron chi connectivity index (χ4n) is 5.19. The van der Waals surface area contributed by atoms with Crippen LogP contribution in [0, 0.1) is 22.0 Å². The number of aryl methyl sites for hydroxylation is 1. The van der Waals surface area contributed by atoms with Crippen molar-refractivity contribution in [2.45, 2.75) is 44.9 Å². The van der Waals surface area contributed by atoms with Crippen molar-refractivity contribution in [2.24, 2.45) is 23.9 Å². The maximum Gasteiger partial charge on any atom is 0.315 e. The van der Waals surface area contributed by atoms with Crippen molar-refractivity contribution in [1.82, 2.24) is 9.78 Å². The molecule has 2 heterocycles. The molecule has 1 fully saturated rings. The Morgan fingerprint density at radius 2 is 1.97 bits per heavy atom. The van der Waals surface area contributed by atoms with E-state index in [0.717, 1.165) is 30.5 Å². The molecule has 0 spiro atoms. The molecule has 4 rings (SSSR count). The molecule has 1 aromatic heterocycles. The summed E-state index contributed by atoms with van der Waals surface area (Å²) >= 11 is 0. The molecule has 0 bridgehead atoms. The first kappa shape index (κ1) is 23.1. The fourth-order valence-corrected chi connectivity index (χ4v) is 5.19. The van der Waals surface area contributed by atoms with Crippen molar-refractivity contribution >= 4 is 23.2 Å². The van der Waals surface area contributed by atoms with E-state index < -0.39 is 22.7 Å². The van der Waals surface area contributed by atoms with Gasteiger partial charge in [0.15, 0.2) is 5.82 Å². The van der Waals surface area contributed by atoms with Gasteiger partial charge in [-0.2, -0.15) is 5.10 Å². The lowest BCUT2D eigenvalue weighted by Gasteiger charge is -2.30. The van der Waals surface area contributed by atoms with E-state index in [2.05, 4.69) is 0 Å². The van der Waals surface area contributed by atoms with Crippen LogP contribution >= 0.6 is 0 Å². The number of aliphatic imine (C=N–C) groups is 1. The minimum atomic E-state index is -0.776. The van der Waals surface area contributed by atoms with Gasteiger partial charge in [0.05, 0.1) is 17.2 Å². The van der Waals surface area contributed by atoms with E-state index in [1.54, 1.807) is 29.8 Å². The van der Waals surface area contributed by atoms with Gasteiger partial charge >= 0.3 is 5.97 Å². The maximum atomic E-state index is 13.3. The molecule has 1 aliphatic heterocycles. The number of carbonyl (C=O) groups is 1. The number of rotatable bonds is 8. The summed E-state index contributed by atoms with van der Waals surface area (Å²) in [6.45, 7) is 2.16. The van der Waals surface area contributed by atoms with Crippen LogP contribution in [-0.4, -0.2) is 46.7 Å². The normalized spacial score (nSPS) is 20.4. The monoisotopic (exact) mass is 454 g/mol. The molecule has 176 valence electrons. The molecule has 1 aromatic carbocycles. The highest BCUT2D eigenvalue weighted by atomic mass is 16.6. The zero-order valence-electron chi connectivity index (χ0n) is 19.3. The van der Waals surface area contributed by atoms with Gasteiger partial charge in [-0.05, 0) is 19.3 Å². The number of methoxy groups -OCH3 is 1. The van der Waals surface area contributed by atoms with Crippen LogP contribution in [0.15, 0.2) is 29.3 Å². The minimum Gasteiger partial charge on any atom is -0.463 e. The highest BCUT2D eigenvalue weighted by Gasteiger charge is 2.44. The Morgan fingerprint density at radius 3 is 2.67 bits per heavy atom.